The number of hydrogen-bond donors (Lipinski definition) is 2. The first-order chi connectivity index (χ1) is 13.4. The summed E-state index contributed by atoms with van der Waals surface area (Å²) in [4.78, 5) is 28.5. The Morgan fingerprint density at radius 2 is 1.71 bits per heavy atom. The molecule has 0 aliphatic carbocycles. The molecular formula is C22H16FN3O2. The lowest BCUT2D eigenvalue weighted by Gasteiger charge is -2.10. The van der Waals surface area contributed by atoms with E-state index in [1.165, 1.54) is 12.1 Å². The van der Waals surface area contributed by atoms with E-state index in [0.717, 1.165) is 16.5 Å². The minimum Gasteiger partial charge on any atom is -0.360 e. The molecule has 0 radical (unpaired) electrons. The monoisotopic (exact) mass is 373 g/mol. The van der Waals surface area contributed by atoms with Crippen LogP contribution in [0.1, 0.15) is 16.7 Å². The number of amides is 2. The highest BCUT2D eigenvalue weighted by Gasteiger charge is 2.34. The fourth-order valence-corrected chi connectivity index (χ4v) is 4.06. The van der Waals surface area contributed by atoms with Crippen molar-refractivity contribution in [2.75, 3.05) is 0 Å². The molecule has 2 aromatic carbocycles. The van der Waals surface area contributed by atoms with E-state index in [4.69, 9.17) is 0 Å². The number of fused-ring (bicyclic) bond motifs is 2. The minimum atomic E-state index is -0.450. The first kappa shape index (κ1) is 16.5. The van der Waals surface area contributed by atoms with Crippen molar-refractivity contribution in [3.05, 3.63) is 71.3 Å². The number of H-pyrrole nitrogens is 1. The van der Waals surface area contributed by atoms with E-state index in [-0.39, 0.29) is 5.82 Å². The van der Waals surface area contributed by atoms with Crippen molar-refractivity contribution in [2.45, 2.75) is 6.92 Å². The topological polar surface area (TPSA) is 66.9 Å². The van der Waals surface area contributed by atoms with Gasteiger partial charge < -0.3 is 9.55 Å². The fraction of sp³-hybridized carbons (Fsp3) is 0.0909. The van der Waals surface area contributed by atoms with Crippen LogP contribution in [0.4, 0.5) is 4.39 Å². The number of nitrogens with zero attached hydrogens (tertiary/aromatic N) is 1. The predicted octanol–water partition coefficient (Wildman–Crippen LogP) is 3.67. The normalized spacial score (nSPS) is 14.5. The van der Waals surface area contributed by atoms with Crippen LogP contribution < -0.4 is 5.32 Å². The predicted molar refractivity (Wildman–Crippen MR) is 106 cm³/mol. The maximum Gasteiger partial charge on any atom is 0.259 e. The number of benzene rings is 2. The lowest BCUT2D eigenvalue weighted by atomic mass is 9.93. The zero-order valence-corrected chi connectivity index (χ0v) is 15.3. The van der Waals surface area contributed by atoms with Gasteiger partial charge >= 0.3 is 0 Å². The first-order valence-corrected chi connectivity index (χ1v) is 8.87. The van der Waals surface area contributed by atoms with Crippen molar-refractivity contribution in [1.82, 2.24) is 14.9 Å². The second kappa shape index (κ2) is 5.66. The van der Waals surface area contributed by atoms with Gasteiger partial charge in [-0.15, -0.1) is 0 Å². The molecule has 0 saturated heterocycles. The molecule has 0 spiro atoms. The van der Waals surface area contributed by atoms with Crippen LogP contribution in [0, 0.1) is 12.7 Å². The van der Waals surface area contributed by atoms with Crippen molar-refractivity contribution < 1.29 is 14.0 Å². The third-order valence-corrected chi connectivity index (χ3v) is 5.23. The molecule has 1 aliphatic heterocycles. The fourth-order valence-electron chi connectivity index (χ4n) is 4.06. The lowest BCUT2D eigenvalue weighted by Crippen LogP contribution is -2.22. The van der Waals surface area contributed by atoms with Gasteiger partial charge in [0.1, 0.15) is 5.82 Å². The Kier molecular flexibility index (Phi) is 3.34. The first-order valence-electron chi connectivity index (χ1n) is 8.87. The van der Waals surface area contributed by atoms with Crippen LogP contribution >= 0.6 is 0 Å². The van der Waals surface area contributed by atoms with Gasteiger partial charge in [-0.1, -0.05) is 0 Å². The van der Waals surface area contributed by atoms with Gasteiger partial charge in [0, 0.05) is 46.9 Å². The quantitative estimate of drug-likeness (QED) is 0.527. The summed E-state index contributed by atoms with van der Waals surface area (Å²) in [6.07, 6.45) is 3.58. The third kappa shape index (κ3) is 2.24. The van der Waals surface area contributed by atoms with Crippen LogP contribution in [0.25, 0.3) is 33.0 Å². The Morgan fingerprint density at radius 3 is 2.50 bits per heavy atom. The number of halogens is 1. The van der Waals surface area contributed by atoms with Crippen molar-refractivity contribution in [3.8, 4) is 0 Å². The number of hydrogen-bond acceptors (Lipinski definition) is 2. The molecule has 0 bridgehead atoms. The lowest BCUT2D eigenvalue weighted by molar-refractivity contribution is -0.122. The molecule has 3 heterocycles. The van der Waals surface area contributed by atoms with Gasteiger partial charge in [0.05, 0.1) is 16.7 Å². The molecule has 0 atom stereocenters. The van der Waals surface area contributed by atoms with Crippen LogP contribution in [-0.2, 0) is 16.6 Å². The van der Waals surface area contributed by atoms with Crippen LogP contribution in [0.3, 0.4) is 0 Å². The van der Waals surface area contributed by atoms with Gasteiger partial charge in [-0.25, -0.2) is 4.39 Å². The smallest absolute Gasteiger partial charge is 0.259 e. The minimum absolute atomic E-state index is 0.302. The number of aromatic nitrogens is 2. The molecule has 2 amide bonds. The van der Waals surface area contributed by atoms with E-state index in [2.05, 4.69) is 10.3 Å². The second-order valence-corrected chi connectivity index (χ2v) is 7.10. The number of aromatic amines is 1. The summed E-state index contributed by atoms with van der Waals surface area (Å²) in [5, 5.41) is 4.11. The van der Waals surface area contributed by atoms with Crippen LogP contribution in [0.5, 0.6) is 0 Å². The Morgan fingerprint density at radius 1 is 0.964 bits per heavy atom. The van der Waals surface area contributed by atoms with Gasteiger partial charge in [-0.2, -0.15) is 0 Å². The highest BCUT2D eigenvalue weighted by atomic mass is 19.1. The number of nitrogens with one attached hydrogen (secondary N) is 2. The molecule has 5 rings (SSSR count). The van der Waals surface area contributed by atoms with Crippen molar-refractivity contribution >= 4 is 44.8 Å². The van der Waals surface area contributed by atoms with Gasteiger partial charge in [0.2, 0.25) is 0 Å². The van der Waals surface area contributed by atoms with Crippen molar-refractivity contribution in [3.63, 3.8) is 0 Å². The molecule has 0 unspecified atom stereocenters. The zero-order valence-electron chi connectivity index (χ0n) is 15.3. The van der Waals surface area contributed by atoms with Gasteiger partial charge in [0.15, 0.2) is 0 Å². The molecule has 4 aromatic rings. The molecule has 1 aliphatic rings. The van der Waals surface area contributed by atoms with E-state index >= 15 is 0 Å². The second-order valence-electron chi connectivity index (χ2n) is 7.10. The summed E-state index contributed by atoms with van der Waals surface area (Å²) in [7, 11) is 1.91. The van der Waals surface area contributed by atoms with Crippen LogP contribution in [-0.4, -0.2) is 21.4 Å². The Bertz CT molecular complexity index is 1360. The third-order valence-electron chi connectivity index (χ3n) is 5.23. The summed E-state index contributed by atoms with van der Waals surface area (Å²) >= 11 is 0. The number of carbonyl (C=O) groups is 2. The molecular weight excluding hydrogens is 357 g/mol. The molecule has 2 aromatic heterocycles. The molecule has 28 heavy (non-hydrogen) atoms. The summed E-state index contributed by atoms with van der Waals surface area (Å²) in [5.74, 6) is -1.25. The van der Waals surface area contributed by atoms with E-state index in [9.17, 15) is 14.0 Å². The average Bonchev–Trinajstić information content (AvgIpc) is 3.29. The van der Waals surface area contributed by atoms with E-state index < -0.39 is 11.8 Å². The van der Waals surface area contributed by atoms with E-state index in [0.29, 0.717) is 33.2 Å². The number of rotatable bonds is 2. The van der Waals surface area contributed by atoms with Gasteiger partial charge in [-0.3, -0.25) is 14.9 Å². The van der Waals surface area contributed by atoms with Crippen LogP contribution in [0.15, 0.2) is 48.8 Å². The summed E-state index contributed by atoms with van der Waals surface area (Å²) in [5.41, 5.74) is 4.38. The number of carbonyl (C=O) groups excluding carboxylic acids is 2. The summed E-state index contributed by atoms with van der Waals surface area (Å²) < 4.78 is 15.5. The largest absolute Gasteiger partial charge is 0.360 e. The molecule has 0 fully saturated rings. The maximum absolute atomic E-state index is 13.6. The zero-order chi connectivity index (χ0) is 19.6. The van der Waals surface area contributed by atoms with Gasteiger partial charge in [-0.05, 0) is 48.9 Å². The van der Waals surface area contributed by atoms with Crippen LogP contribution in [0.2, 0.25) is 0 Å². The van der Waals surface area contributed by atoms with E-state index in [1.54, 1.807) is 12.3 Å². The Hall–Kier alpha value is -3.67. The molecule has 138 valence electrons. The highest BCUT2D eigenvalue weighted by molar-refractivity contribution is 6.50. The Labute approximate surface area is 159 Å². The highest BCUT2D eigenvalue weighted by Crippen LogP contribution is 2.38. The van der Waals surface area contributed by atoms with Gasteiger partial charge in [0.25, 0.3) is 11.8 Å². The standard InChI is InChI=1S/C22H16FN3O2/c1-11-7-12-5-6-26(2)20(12)15(8-11)18-19(22(28)25-21(18)27)16-10-24-17-9-13(23)3-4-14(16)17/h3-10,24H,1-2H3,(H,25,27,28). The average molecular weight is 373 g/mol. The molecule has 0 saturated carbocycles. The SMILES string of the molecule is Cc1cc(C2=C(c3c[nH]c4cc(F)ccc34)C(=O)NC2=O)c2c(ccn2C)c1. The van der Waals surface area contributed by atoms with Crippen molar-refractivity contribution in [2.24, 2.45) is 7.05 Å². The Balaban J connectivity index is 1.88. The summed E-state index contributed by atoms with van der Waals surface area (Å²) in [6.45, 7) is 1.96. The van der Waals surface area contributed by atoms with E-state index in [1.807, 2.05) is 42.9 Å². The molecule has 5 nitrogen and oxygen atoms in total. The molecule has 2 N–H and O–H groups in total. The van der Waals surface area contributed by atoms with Crippen molar-refractivity contribution in [1.29, 1.82) is 0 Å². The summed E-state index contributed by atoms with van der Waals surface area (Å²) in [6, 6.07) is 10.3. The molecule has 6 heteroatoms. The number of aryl methyl sites for hydroxylation is 2. The maximum atomic E-state index is 13.6. The number of imide groups is 1.